The lowest BCUT2D eigenvalue weighted by molar-refractivity contribution is 0.518. The summed E-state index contributed by atoms with van der Waals surface area (Å²) in [6.45, 7) is 0. The van der Waals surface area contributed by atoms with Crippen LogP contribution in [0, 0.1) is 0 Å². The van der Waals surface area contributed by atoms with Crippen molar-refractivity contribution in [3.8, 4) is 0 Å². The monoisotopic (exact) mass is 863 g/mol. The van der Waals surface area contributed by atoms with Crippen LogP contribution in [-0.4, -0.2) is 4.57 Å². The lowest BCUT2D eigenvalue weighted by Gasteiger charge is -2.48. The fourth-order valence-electron chi connectivity index (χ4n) is 23.7. The van der Waals surface area contributed by atoms with Crippen LogP contribution in [-0.2, 0) is 19.5 Å². The number of aromatic nitrogens is 1. The third-order valence-electron chi connectivity index (χ3n) is 23.7. The molecule has 3 heterocycles. The van der Waals surface area contributed by atoms with Gasteiger partial charge in [0.25, 0.3) is 0 Å². The maximum absolute atomic E-state index is 9.28. The van der Waals surface area contributed by atoms with Gasteiger partial charge in [0.1, 0.15) is 19.5 Å². The summed E-state index contributed by atoms with van der Waals surface area (Å²) in [5.74, 6) is 0. The quantitative estimate of drug-likeness (QED) is 0.106. The smallest absolute Gasteiger partial charge is 0.137 e. The van der Waals surface area contributed by atoms with E-state index in [4.69, 9.17) is 0 Å². The fourth-order valence-corrected chi connectivity index (χ4v) is 26.0. The molecule has 270 valence electrons. The van der Waals surface area contributed by atoms with Gasteiger partial charge < -0.3 is 4.57 Å². The molecular formula is C59HCl4N. The molecule has 0 spiro atoms. The Bertz CT molecular complexity index is 6260. The number of halogens is 4. The molecule has 1 aromatic heterocycles. The van der Waals surface area contributed by atoms with Gasteiger partial charge in [-0.05, 0) is 271 Å². The zero-order chi connectivity index (χ0) is 38.3. The van der Waals surface area contributed by atoms with Crippen LogP contribution in [0.15, 0.2) is 0 Å². The standard InChI is InChI=1S/C59HCl4N/c60-56-45-37-29-19-12-5-3-1-2-4(5)11-16-14-7(2)9-8-6(1)13-15-10(3)17(19)27-25(15)35-33-23(13)21(8)31-32-22(9)24(14)34-36-26(16)28-18(11)20(12)30(29)38-40(28)48-50(36)59(63)44(34)42(32)53-41(31)43(33)58(62,49(35)47(56)39(27)37)54-51(56)52(55(59)64(53)54)57(48,61)46(38)45/h53H. The minimum atomic E-state index is -0.950. The summed E-state index contributed by atoms with van der Waals surface area (Å²) in [5, 5.41) is 60.4. The highest BCUT2D eigenvalue weighted by molar-refractivity contribution is 6.78. The zero-order valence-corrected chi connectivity index (χ0v) is 34.6. The van der Waals surface area contributed by atoms with E-state index in [9.17, 15) is 46.4 Å². The minimum Gasteiger partial charge on any atom is -0.332 e. The summed E-state index contributed by atoms with van der Waals surface area (Å²) in [6, 6.07) is -0.0313. The van der Waals surface area contributed by atoms with E-state index in [2.05, 4.69) is 4.57 Å². The van der Waals surface area contributed by atoms with E-state index in [-0.39, 0.29) is 6.04 Å². The highest BCUT2D eigenvalue weighted by Gasteiger charge is 2.76. The van der Waals surface area contributed by atoms with Gasteiger partial charge in [-0.2, -0.15) is 0 Å². The van der Waals surface area contributed by atoms with Gasteiger partial charge in [0.05, 0.1) is 17.4 Å². The van der Waals surface area contributed by atoms with E-state index >= 15 is 0 Å². The van der Waals surface area contributed by atoms with Gasteiger partial charge in [0, 0.05) is 11.1 Å². The number of hydrogen-bond donors (Lipinski definition) is 0. The molecule has 0 radical (unpaired) electrons. The number of benzene rings is 15. The second-order valence-electron chi connectivity index (χ2n) is 23.7. The van der Waals surface area contributed by atoms with Gasteiger partial charge >= 0.3 is 0 Å². The van der Waals surface area contributed by atoms with Crippen molar-refractivity contribution in [1.29, 1.82) is 0 Å². The molecule has 2 aliphatic heterocycles. The van der Waals surface area contributed by atoms with Crippen LogP contribution >= 0.6 is 46.4 Å². The lowest BCUT2D eigenvalue weighted by atomic mass is 9.61. The first kappa shape index (κ1) is 24.3. The highest BCUT2D eigenvalue weighted by atomic mass is 35.5. The van der Waals surface area contributed by atoms with E-state index < -0.39 is 19.5 Å². The molecule has 0 bridgehead atoms. The number of nitrogens with zero attached hydrogens (tertiary/aromatic N) is 1. The SMILES string of the molecule is ClC12c3c4c5n6c3C3(Cl)c7c8c9c%10c(c%11c%12c%13c(c%14c%15c%16c(c1c1c%17c2c3c2c7c3c9c7c9c%10c%12c%10c%12c%13c%15c%13c%15c%16c1c1c%16c%17c2c2c3c7c3c(c9%10)c(c%12%13)c(c1%15)c3c2%16)C4%14Cl)C%115Cl)C86. The van der Waals surface area contributed by atoms with Crippen molar-refractivity contribution in [2.75, 3.05) is 0 Å². The summed E-state index contributed by atoms with van der Waals surface area (Å²) in [6.07, 6.45) is 0. The molecule has 4 atom stereocenters. The van der Waals surface area contributed by atoms with Crippen LogP contribution in [0.25, 0.3) is 215 Å². The predicted molar refractivity (Wildman–Crippen MR) is 263 cm³/mol. The fraction of sp³-hybridized carbons (Fsp3) is 0.0847. The second kappa shape index (κ2) is 5.15. The summed E-state index contributed by atoms with van der Waals surface area (Å²) in [5.41, 5.74) is 18.3. The van der Waals surface area contributed by atoms with Crippen LogP contribution in [0.5, 0.6) is 0 Å². The Morgan fingerprint density at radius 3 is 0.641 bits per heavy atom. The Kier molecular flexibility index (Phi) is 1.96. The van der Waals surface area contributed by atoms with Gasteiger partial charge in [-0.15, -0.1) is 46.4 Å². The third kappa shape index (κ3) is 1.18. The summed E-state index contributed by atoms with van der Waals surface area (Å²) in [4.78, 5) is -3.77. The molecule has 0 amide bonds. The van der Waals surface area contributed by atoms with Crippen molar-refractivity contribution < 1.29 is 0 Å². The molecule has 0 saturated carbocycles. The molecule has 0 fully saturated rings. The van der Waals surface area contributed by atoms with Gasteiger partial charge in [-0.3, -0.25) is 0 Å². The van der Waals surface area contributed by atoms with Crippen molar-refractivity contribution in [2.45, 2.75) is 25.5 Å². The van der Waals surface area contributed by atoms with E-state index in [0.29, 0.717) is 0 Å². The molecule has 8 aliphatic carbocycles. The first-order valence-corrected chi connectivity index (χ1v) is 24.8. The zero-order valence-electron chi connectivity index (χ0n) is 31.5. The molecule has 32 rings (SSSR count). The van der Waals surface area contributed by atoms with E-state index in [0.717, 1.165) is 0 Å². The third-order valence-corrected chi connectivity index (χ3v) is 25.9. The molecule has 5 heteroatoms. The maximum Gasteiger partial charge on any atom is 0.137 e. The van der Waals surface area contributed by atoms with Crippen LogP contribution in [0.4, 0.5) is 0 Å². The Labute approximate surface area is 367 Å². The molecule has 10 aliphatic rings. The number of hydrogen-bond acceptors (Lipinski definition) is 0. The average molecular weight is 865 g/mol. The highest BCUT2D eigenvalue weighted by Crippen LogP contribution is 2.88. The molecule has 0 saturated heterocycles. The first-order chi connectivity index (χ1) is 31.5. The summed E-state index contributed by atoms with van der Waals surface area (Å²) in [7, 11) is 0. The minimum absolute atomic E-state index is 0.0313. The molecule has 64 heavy (non-hydrogen) atoms. The second-order valence-corrected chi connectivity index (χ2v) is 25.9. The molecule has 22 aromatic rings. The summed E-state index contributed by atoms with van der Waals surface area (Å²) >= 11 is 37.1. The van der Waals surface area contributed by atoms with Gasteiger partial charge in [-0.1, -0.05) is 0 Å². The Hall–Kier alpha value is -6.06. The average Bonchev–Trinajstić information content (AvgIpc) is 4.14. The van der Waals surface area contributed by atoms with Crippen molar-refractivity contribution in [2.24, 2.45) is 0 Å². The Balaban J connectivity index is 1.26. The van der Waals surface area contributed by atoms with E-state index in [1.54, 1.807) is 75.4 Å². The topological polar surface area (TPSA) is 4.93 Å². The van der Waals surface area contributed by atoms with Crippen molar-refractivity contribution >= 4 is 262 Å². The van der Waals surface area contributed by atoms with Crippen LogP contribution in [0.1, 0.15) is 84.2 Å². The Morgan fingerprint density at radius 1 is 0.203 bits per heavy atom. The van der Waals surface area contributed by atoms with Gasteiger partial charge in [0.2, 0.25) is 0 Å². The first-order valence-electron chi connectivity index (χ1n) is 23.3. The molecule has 4 unspecified atom stereocenters. The lowest BCUT2D eigenvalue weighted by Crippen LogP contribution is -2.44. The van der Waals surface area contributed by atoms with Crippen molar-refractivity contribution in [1.82, 2.24) is 4.57 Å². The van der Waals surface area contributed by atoms with Crippen molar-refractivity contribution in [3.05, 3.63) is 78.1 Å². The largest absolute Gasteiger partial charge is 0.332 e. The van der Waals surface area contributed by atoms with E-state index in [1.165, 1.54) is 218 Å². The molecule has 1 nitrogen and oxygen atoms in total. The van der Waals surface area contributed by atoms with Gasteiger partial charge in [0.15, 0.2) is 0 Å². The Morgan fingerprint density at radius 2 is 0.391 bits per heavy atom. The van der Waals surface area contributed by atoms with Gasteiger partial charge in [-0.25, -0.2) is 0 Å². The van der Waals surface area contributed by atoms with Crippen LogP contribution in [0.2, 0.25) is 0 Å². The number of alkyl halides is 4. The van der Waals surface area contributed by atoms with Crippen LogP contribution < -0.4 is 0 Å². The molecule has 21 aromatic carbocycles. The maximum atomic E-state index is 9.28. The normalized spacial score (nSPS) is 29.3. The predicted octanol–water partition coefficient (Wildman–Crippen LogP) is 16.0. The van der Waals surface area contributed by atoms with E-state index in [1.807, 2.05) is 0 Å². The number of rotatable bonds is 0. The van der Waals surface area contributed by atoms with Crippen molar-refractivity contribution in [3.63, 3.8) is 0 Å². The molecular weight excluding hydrogens is 864 g/mol. The van der Waals surface area contributed by atoms with Crippen LogP contribution in [0.3, 0.4) is 0 Å². The molecule has 0 N–H and O–H groups in total. The summed E-state index contributed by atoms with van der Waals surface area (Å²) < 4.78 is 2.79.